The van der Waals surface area contributed by atoms with Gasteiger partial charge in [-0.05, 0) is 44.0 Å². The first-order valence-corrected chi connectivity index (χ1v) is 7.22. The fourth-order valence-corrected chi connectivity index (χ4v) is 3.95. The van der Waals surface area contributed by atoms with Crippen molar-refractivity contribution in [2.75, 3.05) is 0 Å². The normalized spacial score (nSPS) is 11.2. The van der Waals surface area contributed by atoms with Gasteiger partial charge in [-0.2, -0.15) is 0 Å². The Hall–Kier alpha value is -1.19. The summed E-state index contributed by atoms with van der Waals surface area (Å²) in [5.74, 6) is 0. The SMILES string of the molecule is Cc1ccc(-c2nc3c(C)ccc(C)c3s2)s1. The minimum absolute atomic E-state index is 1.15. The first-order valence-electron chi connectivity index (χ1n) is 5.59. The van der Waals surface area contributed by atoms with Gasteiger partial charge in [-0.3, -0.25) is 0 Å². The average molecular weight is 259 g/mol. The van der Waals surface area contributed by atoms with Crippen molar-refractivity contribution in [2.24, 2.45) is 0 Å². The molecule has 2 heterocycles. The number of fused-ring (bicyclic) bond motifs is 1. The van der Waals surface area contributed by atoms with E-state index < -0.39 is 0 Å². The zero-order valence-electron chi connectivity index (χ0n) is 10.1. The Labute approximate surface area is 109 Å². The van der Waals surface area contributed by atoms with Gasteiger partial charge in [0, 0.05) is 4.88 Å². The molecule has 17 heavy (non-hydrogen) atoms. The summed E-state index contributed by atoms with van der Waals surface area (Å²) in [6.07, 6.45) is 0. The van der Waals surface area contributed by atoms with Crippen LogP contribution < -0.4 is 0 Å². The molecule has 2 aromatic heterocycles. The van der Waals surface area contributed by atoms with E-state index in [4.69, 9.17) is 4.98 Å². The highest BCUT2D eigenvalue weighted by Crippen LogP contribution is 2.36. The largest absolute Gasteiger partial charge is 0.235 e. The van der Waals surface area contributed by atoms with Crippen molar-refractivity contribution in [3.05, 3.63) is 40.3 Å². The number of hydrogen-bond acceptors (Lipinski definition) is 3. The second-order valence-corrected chi connectivity index (χ2v) is 6.59. The topological polar surface area (TPSA) is 12.9 Å². The van der Waals surface area contributed by atoms with Crippen LogP contribution in [0.4, 0.5) is 0 Å². The smallest absolute Gasteiger partial charge is 0.134 e. The molecular formula is C14H13NS2. The molecule has 0 N–H and O–H groups in total. The van der Waals surface area contributed by atoms with E-state index >= 15 is 0 Å². The lowest BCUT2D eigenvalue weighted by Crippen LogP contribution is -1.78. The molecule has 0 radical (unpaired) electrons. The van der Waals surface area contributed by atoms with Crippen LogP contribution in [0.15, 0.2) is 24.3 Å². The summed E-state index contributed by atoms with van der Waals surface area (Å²) in [4.78, 5) is 7.41. The molecule has 86 valence electrons. The van der Waals surface area contributed by atoms with Crippen molar-refractivity contribution in [3.63, 3.8) is 0 Å². The molecule has 0 amide bonds. The quantitative estimate of drug-likeness (QED) is 0.602. The van der Waals surface area contributed by atoms with Crippen molar-refractivity contribution in [3.8, 4) is 9.88 Å². The van der Waals surface area contributed by atoms with Crippen LogP contribution in [0.2, 0.25) is 0 Å². The van der Waals surface area contributed by atoms with Crippen molar-refractivity contribution in [1.82, 2.24) is 4.98 Å². The van der Waals surface area contributed by atoms with E-state index in [1.165, 1.54) is 25.6 Å². The fraction of sp³-hybridized carbons (Fsp3) is 0.214. The number of rotatable bonds is 1. The molecule has 0 bridgehead atoms. The molecule has 3 rings (SSSR count). The minimum Gasteiger partial charge on any atom is -0.235 e. The van der Waals surface area contributed by atoms with Gasteiger partial charge in [0.2, 0.25) is 0 Å². The number of thiazole rings is 1. The standard InChI is InChI=1S/C14H13NS2/c1-8-4-5-9(2)13-12(8)15-14(17-13)11-7-6-10(3)16-11/h4-7H,1-3H3. The van der Waals surface area contributed by atoms with Gasteiger partial charge in [0.25, 0.3) is 0 Å². The summed E-state index contributed by atoms with van der Waals surface area (Å²) >= 11 is 3.62. The predicted molar refractivity (Wildman–Crippen MR) is 77.1 cm³/mol. The van der Waals surface area contributed by atoms with Gasteiger partial charge in [-0.1, -0.05) is 12.1 Å². The number of thiophene rings is 1. The minimum atomic E-state index is 1.15. The summed E-state index contributed by atoms with van der Waals surface area (Å²) in [7, 11) is 0. The van der Waals surface area contributed by atoms with Crippen molar-refractivity contribution >= 4 is 32.9 Å². The lowest BCUT2D eigenvalue weighted by atomic mass is 10.1. The Morgan fingerprint density at radius 3 is 2.29 bits per heavy atom. The Kier molecular flexibility index (Phi) is 2.53. The van der Waals surface area contributed by atoms with Crippen LogP contribution in [-0.2, 0) is 0 Å². The first-order chi connectivity index (χ1) is 8.15. The van der Waals surface area contributed by atoms with Gasteiger partial charge >= 0.3 is 0 Å². The van der Waals surface area contributed by atoms with Gasteiger partial charge in [0.1, 0.15) is 5.01 Å². The van der Waals surface area contributed by atoms with Crippen LogP contribution in [0.25, 0.3) is 20.1 Å². The number of benzene rings is 1. The molecule has 1 nitrogen and oxygen atoms in total. The third-order valence-corrected chi connectivity index (χ3v) is 5.25. The average Bonchev–Trinajstić information content (AvgIpc) is 2.90. The Balaban J connectivity index is 2.26. The third kappa shape index (κ3) is 1.79. The second-order valence-electron chi connectivity index (χ2n) is 4.31. The molecular weight excluding hydrogens is 246 g/mol. The highest BCUT2D eigenvalue weighted by molar-refractivity contribution is 7.25. The molecule has 0 fully saturated rings. The number of aryl methyl sites for hydroxylation is 3. The van der Waals surface area contributed by atoms with Gasteiger partial charge < -0.3 is 0 Å². The van der Waals surface area contributed by atoms with Gasteiger partial charge in [0.15, 0.2) is 0 Å². The molecule has 0 spiro atoms. The molecule has 0 aliphatic rings. The van der Waals surface area contributed by atoms with Gasteiger partial charge in [-0.25, -0.2) is 4.98 Å². The van der Waals surface area contributed by atoms with Crippen LogP contribution in [0, 0.1) is 20.8 Å². The van der Waals surface area contributed by atoms with E-state index in [9.17, 15) is 0 Å². The summed E-state index contributed by atoms with van der Waals surface area (Å²) in [6.45, 7) is 6.42. The Morgan fingerprint density at radius 2 is 1.65 bits per heavy atom. The zero-order valence-corrected chi connectivity index (χ0v) is 11.7. The maximum Gasteiger partial charge on any atom is 0.134 e. The van der Waals surface area contributed by atoms with Crippen LogP contribution in [0.5, 0.6) is 0 Å². The third-order valence-electron chi connectivity index (χ3n) is 2.89. The number of hydrogen-bond donors (Lipinski definition) is 0. The van der Waals surface area contributed by atoms with Gasteiger partial charge in [0.05, 0.1) is 15.1 Å². The van der Waals surface area contributed by atoms with Crippen molar-refractivity contribution in [2.45, 2.75) is 20.8 Å². The molecule has 0 saturated carbocycles. The molecule has 0 saturated heterocycles. The lowest BCUT2D eigenvalue weighted by molar-refractivity contribution is 1.41. The summed E-state index contributed by atoms with van der Waals surface area (Å²) in [6, 6.07) is 8.66. The molecule has 3 heteroatoms. The monoisotopic (exact) mass is 259 g/mol. The van der Waals surface area contributed by atoms with E-state index in [1.54, 1.807) is 11.3 Å². The first kappa shape index (κ1) is 10.9. The van der Waals surface area contributed by atoms with E-state index in [0.29, 0.717) is 0 Å². The molecule has 0 unspecified atom stereocenters. The summed E-state index contributed by atoms with van der Waals surface area (Å²) < 4.78 is 1.33. The van der Waals surface area contributed by atoms with E-state index in [2.05, 4.69) is 45.0 Å². The van der Waals surface area contributed by atoms with E-state index in [0.717, 1.165) is 10.5 Å². The van der Waals surface area contributed by atoms with E-state index in [1.807, 2.05) is 11.3 Å². The summed E-state index contributed by atoms with van der Waals surface area (Å²) in [5.41, 5.74) is 3.75. The zero-order chi connectivity index (χ0) is 12.0. The maximum atomic E-state index is 4.79. The number of nitrogens with zero attached hydrogens (tertiary/aromatic N) is 1. The Bertz CT molecular complexity index is 652. The lowest BCUT2D eigenvalue weighted by Gasteiger charge is -1.96. The van der Waals surface area contributed by atoms with Crippen LogP contribution >= 0.6 is 22.7 Å². The predicted octanol–water partition coefficient (Wildman–Crippen LogP) is 4.95. The molecule has 0 aliphatic heterocycles. The Morgan fingerprint density at radius 1 is 0.882 bits per heavy atom. The number of aromatic nitrogens is 1. The second kappa shape index (κ2) is 3.93. The molecule has 0 aliphatic carbocycles. The van der Waals surface area contributed by atoms with Crippen molar-refractivity contribution < 1.29 is 0 Å². The summed E-state index contributed by atoms with van der Waals surface area (Å²) in [5, 5.41) is 1.15. The van der Waals surface area contributed by atoms with Crippen molar-refractivity contribution in [1.29, 1.82) is 0 Å². The van der Waals surface area contributed by atoms with E-state index in [-0.39, 0.29) is 0 Å². The highest BCUT2D eigenvalue weighted by atomic mass is 32.1. The van der Waals surface area contributed by atoms with Crippen LogP contribution in [0.1, 0.15) is 16.0 Å². The van der Waals surface area contributed by atoms with Gasteiger partial charge in [-0.15, -0.1) is 22.7 Å². The highest BCUT2D eigenvalue weighted by Gasteiger charge is 2.11. The molecule has 3 aromatic rings. The molecule has 0 atom stereocenters. The maximum absolute atomic E-state index is 4.79. The molecule has 1 aromatic carbocycles. The van der Waals surface area contributed by atoms with Crippen LogP contribution in [-0.4, -0.2) is 4.98 Å². The fourth-order valence-electron chi connectivity index (χ4n) is 1.91. The van der Waals surface area contributed by atoms with Crippen LogP contribution in [0.3, 0.4) is 0 Å².